The first kappa shape index (κ1) is 25.0. The van der Waals surface area contributed by atoms with E-state index in [0.29, 0.717) is 41.1 Å². The maximum Gasteiger partial charge on any atom is 0.255 e. The second-order valence-corrected chi connectivity index (χ2v) is 10.1. The molecular weight excluding hydrogens is 516 g/mol. The fraction of sp³-hybridized carbons (Fsp3) is 0.233. The number of aromatic nitrogens is 2. The number of hydrogen-bond acceptors (Lipinski definition) is 5. The molecule has 0 radical (unpaired) electrons. The molecule has 1 N–H and O–H groups in total. The van der Waals surface area contributed by atoms with Crippen molar-refractivity contribution in [1.29, 1.82) is 0 Å². The molecule has 2 amide bonds. The molecule has 0 unspecified atom stereocenters. The van der Waals surface area contributed by atoms with Crippen LogP contribution in [0.5, 0.6) is 11.5 Å². The number of rotatable bonds is 6. The minimum Gasteiger partial charge on any atom is -0.454 e. The molecule has 1 aromatic heterocycles. The maximum atomic E-state index is 13.2. The van der Waals surface area contributed by atoms with Crippen molar-refractivity contribution in [3.8, 4) is 17.2 Å². The summed E-state index contributed by atoms with van der Waals surface area (Å²) in [7, 11) is 0. The Labute approximate surface area is 231 Å². The first-order valence-corrected chi connectivity index (χ1v) is 13.3. The largest absolute Gasteiger partial charge is 0.454 e. The van der Waals surface area contributed by atoms with Gasteiger partial charge in [-0.2, -0.15) is 5.10 Å². The average molecular weight is 543 g/mol. The average Bonchev–Trinajstić information content (AvgIpc) is 3.66. The van der Waals surface area contributed by atoms with Gasteiger partial charge >= 0.3 is 0 Å². The van der Waals surface area contributed by atoms with Crippen molar-refractivity contribution in [2.45, 2.75) is 25.2 Å². The molecule has 39 heavy (non-hydrogen) atoms. The monoisotopic (exact) mass is 542 g/mol. The highest BCUT2D eigenvalue weighted by Crippen LogP contribution is 2.33. The highest BCUT2D eigenvalue weighted by atomic mass is 35.5. The molecule has 1 saturated heterocycles. The quantitative estimate of drug-likeness (QED) is 0.350. The van der Waals surface area contributed by atoms with Crippen LogP contribution in [0.25, 0.3) is 5.69 Å². The van der Waals surface area contributed by atoms with Crippen molar-refractivity contribution in [2.24, 2.45) is 0 Å². The number of benzene rings is 3. The summed E-state index contributed by atoms with van der Waals surface area (Å²) in [4.78, 5) is 27.6. The fourth-order valence-corrected chi connectivity index (χ4v) is 5.36. The molecule has 9 heteroatoms. The summed E-state index contributed by atoms with van der Waals surface area (Å²) in [5, 5.41) is 7.60. The van der Waals surface area contributed by atoms with E-state index in [9.17, 15) is 9.59 Å². The van der Waals surface area contributed by atoms with E-state index in [4.69, 9.17) is 21.1 Å². The van der Waals surface area contributed by atoms with E-state index < -0.39 is 0 Å². The molecule has 4 aromatic rings. The summed E-state index contributed by atoms with van der Waals surface area (Å²) >= 11 is 6.47. The van der Waals surface area contributed by atoms with E-state index in [-0.39, 0.29) is 25.0 Å². The summed E-state index contributed by atoms with van der Waals surface area (Å²) < 4.78 is 12.4. The number of nitrogens with zero attached hydrogens (tertiary/aromatic N) is 3. The van der Waals surface area contributed by atoms with E-state index in [0.717, 1.165) is 29.8 Å². The van der Waals surface area contributed by atoms with Gasteiger partial charge in [0.2, 0.25) is 12.7 Å². The van der Waals surface area contributed by atoms with Gasteiger partial charge in [0.1, 0.15) is 0 Å². The van der Waals surface area contributed by atoms with Gasteiger partial charge in [-0.25, -0.2) is 4.68 Å². The van der Waals surface area contributed by atoms with Gasteiger partial charge in [0.15, 0.2) is 11.5 Å². The highest BCUT2D eigenvalue weighted by Gasteiger charge is 2.26. The van der Waals surface area contributed by atoms with E-state index in [1.165, 1.54) is 5.56 Å². The number of amides is 2. The number of ether oxygens (including phenoxy) is 2. The van der Waals surface area contributed by atoms with Crippen LogP contribution in [0.15, 0.2) is 79.1 Å². The minimum absolute atomic E-state index is 0.0500. The Morgan fingerprint density at radius 1 is 0.974 bits per heavy atom. The van der Waals surface area contributed by atoms with Crippen molar-refractivity contribution in [3.63, 3.8) is 0 Å². The molecule has 0 spiro atoms. The van der Waals surface area contributed by atoms with Crippen LogP contribution in [0.1, 0.15) is 40.2 Å². The van der Waals surface area contributed by atoms with Crippen LogP contribution in [0.2, 0.25) is 5.02 Å². The van der Waals surface area contributed by atoms with Crippen LogP contribution in [-0.2, 0) is 11.2 Å². The number of fused-ring (bicyclic) bond motifs is 1. The van der Waals surface area contributed by atoms with E-state index in [2.05, 4.69) is 22.5 Å². The Balaban J connectivity index is 1.02. The number of anilines is 1. The van der Waals surface area contributed by atoms with E-state index in [1.54, 1.807) is 23.0 Å². The van der Waals surface area contributed by atoms with Crippen LogP contribution in [0.4, 0.5) is 5.69 Å². The zero-order chi connectivity index (χ0) is 26.8. The van der Waals surface area contributed by atoms with Crippen molar-refractivity contribution in [3.05, 3.63) is 101 Å². The number of piperidine rings is 1. The van der Waals surface area contributed by atoms with Gasteiger partial charge in [-0.3, -0.25) is 9.59 Å². The lowest BCUT2D eigenvalue weighted by Crippen LogP contribution is -2.38. The Morgan fingerprint density at radius 2 is 1.77 bits per heavy atom. The van der Waals surface area contributed by atoms with Gasteiger partial charge in [0.05, 0.1) is 22.7 Å². The van der Waals surface area contributed by atoms with E-state index >= 15 is 0 Å². The molecule has 6 rings (SSSR count). The second kappa shape index (κ2) is 10.8. The summed E-state index contributed by atoms with van der Waals surface area (Å²) in [6.45, 7) is 1.53. The molecule has 198 valence electrons. The molecule has 2 aliphatic heterocycles. The van der Waals surface area contributed by atoms with Gasteiger partial charge in [-0.1, -0.05) is 29.8 Å². The predicted octanol–water partition coefficient (Wildman–Crippen LogP) is 5.46. The third-order valence-electron chi connectivity index (χ3n) is 7.20. The first-order valence-electron chi connectivity index (χ1n) is 12.9. The summed E-state index contributed by atoms with van der Waals surface area (Å²) in [6.07, 6.45) is 5.51. The number of likely N-dealkylation sites (tertiary alicyclic amines) is 1. The van der Waals surface area contributed by atoms with Crippen molar-refractivity contribution < 1.29 is 19.1 Å². The van der Waals surface area contributed by atoms with Gasteiger partial charge in [0, 0.05) is 31.2 Å². The summed E-state index contributed by atoms with van der Waals surface area (Å²) in [5.41, 5.74) is 4.15. The Hall–Kier alpha value is -4.30. The van der Waals surface area contributed by atoms with Crippen molar-refractivity contribution in [1.82, 2.24) is 14.7 Å². The highest BCUT2D eigenvalue weighted by molar-refractivity contribution is 6.34. The van der Waals surface area contributed by atoms with Gasteiger partial charge in [-0.05, 0) is 78.4 Å². The van der Waals surface area contributed by atoms with Crippen LogP contribution in [0, 0.1) is 0 Å². The van der Waals surface area contributed by atoms with Crippen LogP contribution >= 0.6 is 11.6 Å². The smallest absolute Gasteiger partial charge is 0.255 e. The van der Waals surface area contributed by atoms with Crippen LogP contribution < -0.4 is 14.8 Å². The summed E-state index contributed by atoms with van der Waals surface area (Å²) in [5.74, 6) is 1.58. The molecule has 3 aromatic carbocycles. The second-order valence-electron chi connectivity index (χ2n) is 9.72. The van der Waals surface area contributed by atoms with Crippen molar-refractivity contribution >= 4 is 29.1 Å². The van der Waals surface area contributed by atoms with Crippen LogP contribution in [-0.4, -0.2) is 46.4 Å². The zero-order valence-electron chi connectivity index (χ0n) is 21.2. The summed E-state index contributed by atoms with van der Waals surface area (Å²) in [6, 6.07) is 20.8. The fourth-order valence-electron chi connectivity index (χ4n) is 5.11. The third kappa shape index (κ3) is 5.47. The van der Waals surface area contributed by atoms with Crippen molar-refractivity contribution in [2.75, 3.05) is 25.2 Å². The molecule has 0 saturated carbocycles. The SMILES string of the molecule is O=C(Cc1ccc2c(c1)OCO2)Nc1ccc(C2CCN(C(=O)c3ccc(-n4cccn4)cc3Cl)CC2)cc1. The number of carbonyl (C=O) groups excluding carboxylic acids is 2. The van der Waals surface area contributed by atoms with Gasteiger partial charge in [-0.15, -0.1) is 0 Å². The zero-order valence-corrected chi connectivity index (χ0v) is 21.9. The lowest BCUT2D eigenvalue weighted by molar-refractivity contribution is -0.115. The number of hydrogen-bond donors (Lipinski definition) is 1. The molecule has 2 aliphatic rings. The van der Waals surface area contributed by atoms with Crippen LogP contribution in [0.3, 0.4) is 0 Å². The predicted molar refractivity (Wildman–Crippen MR) is 148 cm³/mol. The maximum absolute atomic E-state index is 13.2. The molecule has 0 atom stereocenters. The third-order valence-corrected chi connectivity index (χ3v) is 7.51. The molecule has 1 fully saturated rings. The van der Waals surface area contributed by atoms with E-state index in [1.807, 2.05) is 53.6 Å². The van der Waals surface area contributed by atoms with Gasteiger partial charge < -0.3 is 19.7 Å². The molecule has 0 aliphatic carbocycles. The number of carbonyl (C=O) groups is 2. The lowest BCUT2D eigenvalue weighted by atomic mass is 9.89. The molecule has 8 nitrogen and oxygen atoms in total. The lowest BCUT2D eigenvalue weighted by Gasteiger charge is -2.32. The first-order chi connectivity index (χ1) is 19.0. The normalized spacial score (nSPS) is 14.8. The Morgan fingerprint density at radius 3 is 2.51 bits per heavy atom. The molecule has 0 bridgehead atoms. The van der Waals surface area contributed by atoms with Gasteiger partial charge in [0.25, 0.3) is 5.91 Å². The minimum atomic E-state index is -0.0928. The number of nitrogens with one attached hydrogen (secondary N) is 1. The molecular formula is C30H27ClN4O4. The standard InChI is InChI=1S/C30H27ClN4O4/c31-26-18-24(35-13-1-12-32-35)7-8-25(26)30(37)34-14-10-22(11-15-34)21-3-5-23(6-4-21)33-29(36)17-20-2-9-27-28(16-20)39-19-38-27/h1-9,12-13,16,18,22H,10-11,14-15,17,19H2,(H,33,36). The topological polar surface area (TPSA) is 85.7 Å². The Bertz CT molecular complexity index is 1500. The Kier molecular flexibility index (Phi) is 6.94. The number of halogens is 1. The molecule has 3 heterocycles.